The second-order valence-corrected chi connectivity index (χ2v) is 5.53. The summed E-state index contributed by atoms with van der Waals surface area (Å²) >= 11 is 0. The first-order valence-corrected chi connectivity index (χ1v) is 7.07. The van der Waals surface area contributed by atoms with Crippen molar-refractivity contribution in [2.75, 3.05) is 0 Å². The van der Waals surface area contributed by atoms with Crippen LogP contribution in [-0.4, -0.2) is 20.6 Å². The van der Waals surface area contributed by atoms with Gasteiger partial charge in [-0.25, -0.2) is 4.79 Å². The summed E-state index contributed by atoms with van der Waals surface area (Å²) in [6, 6.07) is 4.63. The fraction of sp³-hybridized carbons (Fsp3) is 0.400. The van der Waals surface area contributed by atoms with Gasteiger partial charge in [0.2, 0.25) is 0 Å². The predicted molar refractivity (Wildman–Crippen MR) is 77.7 cm³/mol. The number of hydrogen-bond acceptors (Lipinski definition) is 3. The number of nitrogens with one attached hydrogen (secondary N) is 1. The average molecular weight is 288 g/mol. The van der Waals surface area contributed by atoms with Crippen molar-refractivity contribution in [3.8, 4) is 0 Å². The number of aromatic carboxylic acids is 1. The molecular formula is C15H16N2O4. The molecule has 2 aromatic rings. The highest BCUT2D eigenvalue weighted by Crippen LogP contribution is 2.27. The second-order valence-electron chi connectivity index (χ2n) is 5.53. The Morgan fingerprint density at radius 2 is 2.00 bits per heavy atom. The third-order valence-electron chi connectivity index (χ3n) is 4.14. The standard InChI is InChI=1S/C15H16N2O4/c18-13-14(19)17(8-9-4-1-2-5-9)12-10(15(20)21)6-3-7-11(12)16-13/h3,6-7,9H,1-2,4-5,8H2,(H,16,18)(H,20,21). The summed E-state index contributed by atoms with van der Waals surface area (Å²) in [7, 11) is 0. The zero-order valence-electron chi connectivity index (χ0n) is 11.5. The van der Waals surface area contributed by atoms with Gasteiger partial charge in [0.1, 0.15) is 0 Å². The summed E-state index contributed by atoms with van der Waals surface area (Å²) < 4.78 is 1.34. The molecule has 2 N–H and O–H groups in total. The molecule has 0 saturated heterocycles. The minimum atomic E-state index is -1.10. The number of aromatic amines is 1. The minimum Gasteiger partial charge on any atom is -0.478 e. The van der Waals surface area contributed by atoms with Gasteiger partial charge in [0.15, 0.2) is 0 Å². The Labute approximate surface area is 120 Å². The first-order valence-electron chi connectivity index (χ1n) is 7.07. The molecule has 0 aliphatic heterocycles. The number of para-hydroxylation sites is 1. The molecule has 1 aromatic heterocycles. The fourth-order valence-corrected chi connectivity index (χ4v) is 3.13. The third-order valence-corrected chi connectivity index (χ3v) is 4.14. The molecule has 0 radical (unpaired) electrons. The summed E-state index contributed by atoms with van der Waals surface area (Å²) in [5, 5.41) is 9.32. The maximum atomic E-state index is 12.2. The number of H-pyrrole nitrogens is 1. The van der Waals surface area contributed by atoms with Gasteiger partial charge in [0, 0.05) is 6.54 Å². The normalized spacial score (nSPS) is 15.6. The number of rotatable bonds is 3. The second kappa shape index (κ2) is 5.20. The summed E-state index contributed by atoms with van der Waals surface area (Å²) in [5.41, 5.74) is -0.649. The lowest BCUT2D eigenvalue weighted by Crippen LogP contribution is -2.38. The highest BCUT2D eigenvalue weighted by molar-refractivity contribution is 6.00. The van der Waals surface area contributed by atoms with Crippen molar-refractivity contribution in [2.24, 2.45) is 5.92 Å². The molecule has 1 aliphatic rings. The van der Waals surface area contributed by atoms with E-state index >= 15 is 0 Å². The molecule has 110 valence electrons. The van der Waals surface area contributed by atoms with Crippen LogP contribution in [0.25, 0.3) is 11.0 Å². The number of aromatic nitrogens is 2. The Morgan fingerprint density at radius 3 is 2.67 bits per heavy atom. The summed E-state index contributed by atoms with van der Waals surface area (Å²) in [4.78, 5) is 37.8. The van der Waals surface area contributed by atoms with E-state index in [4.69, 9.17) is 0 Å². The van der Waals surface area contributed by atoms with Crippen LogP contribution in [0.5, 0.6) is 0 Å². The Hall–Kier alpha value is -2.37. The molecule has 6 heteroatoms. The van der Waals surface area contributed by atoms with Gasteiger partial charge in [0.25, 0.3) is 0 Å². The number of fused-ring (bicyclic) bond motifs is 1. The molecule has 21 heavy (non-hydrogen) atoms. The molecule has 0 unspecified atom stereocenters. The number of nitrogens with zero attached hydrogens (tertiary/aromatic N) is 1. The molecule has 1 saturated carbocycles. The molecule has 0 atom stereocenters. The van der Waals surface area contributed by atoms with Crippen molar-refractivity contribution >= 4 is 17.0 Å². The van der Waals surface area contributed by atoms with Crippen LogP contribution >= 0.6 is 0 Å². The van der Waals surface area contributed by atoms with Crippen LogP contribution in [0.2, 0.25) is 0 Å². The van der Waals surface area contributed by atoms with Gasteiger partial charge in [-0.15, -0.1) is 0 Å². The molecule has 1 fully saturated rings. The van der Waals surface area contributed by atoms with Crippen LogP contribution in [0.4, 0.5) is 0 Å². The van der Waals surface area contributed by atoms with Gasteiger partial charge in [-0.2, -0.15) is 0 Å². The highest BCUT2D eigenvalue weighted by Gasteiger charge is 2.20. The molecule has 0 amide bonds. The first-order chi connectivity index (χ1) is 10.1. The lowest BCUT2D eigenvalue weighted by Gasteiger charge is -2.15. The molecule has 6 nitrogen and oxygen atoms in total. The van der Waals surface area contributed by atoms with Gasteiger partial charge >= 0.3 is 17.1 Å². The summed E-state index contributed by atoms with van der Waals surface area (Å²) in [6.07, 6.45) is 4.25. The van der Waals surface area contributed by atoms with E-state index in [9.17, 15) is 19.5 Å². The van der Waals surface area contributed by atoms with E-state index in [1.807, 2.05) is 0 Å². The van der Waals surface area contributed by atoms with E-state index in [2.05, 4.69) is 4.98 Å². The van der Waals surface area contributed by atoms with Crippen LogP contribution in [0.15, 0.2) is 27.8 Å². The molecule has 1 aliphatic carbocycles. The Bertz CT molecular complexity index is 813. The number of benzene rings is 1. The Kier molecular flexibility index (Phi) is 3.37. The lowest BCUT2D eigenvalue weighted by molar-refractivity contribution is 0.0698. The monoisotopic (exact) mass is 288 g/mol. The van der Waals surface area contributed by atoms with Gasteiger partial charge in [0.05, 0.1) is 16.6 Å². The maximum absolute atomic E-state index is 12.2. The zero-order chi connectivity index (χ0) is 15.0. The fourth-order valence-electron chi connectivity index (χ4n) is 3.13. The van der Waals surface area contributed by atoms with E-state index in [0.717, 1.165) is 25.7 Å². The van der Waals surface area contributed by atoms with E-state index in [1.54, 1.807) is 12.1 Å². The quantitative estimate of drug-likeness (QED) is 0.839. The Morgan fingerprint density at radius 1 is 1.29 bits per heavy atom. The van der Waals surface area contributed by atoms with Crippen molar-refractivity contribution in [3.63, 3.8) is 0 Å². The average Bonchev–Trinajstić information content (AvgIpc) is 2.96. The first kappa shape index (κ1) is 13.6. The van der Waals surface area contributed by atoms with Crippen molar-refractivity contribution < 1.29 is 9.90 Å². The number of hydrogen-bond donors (Lipinski definition) is 2. The van der Waals surface area contributed by atoms with Gasteiger partial charge in [-0.1, -0.05) is 18.9 Å². The maximum Gasteiger partial charge on any atom is 0.337 e. The van der Waals surface area contributed by atoms with Crippen molar-refractivity contribution in [1.29, 1.82) is 0 Å². The van der Waals surface area contributed by atoms with Crippen LogP contribution in [0, 0.1) is 5.92 Å². The summed E-state index contributed by atoms with van der Waals surface area (Å²) in [6.45, 7) is 0.406. The van der Waals surface area contributed by atoms with Crippen molar-refractivity contribution in [3.05, 3.63) is 44.5 Å². The molecule has 0 bridgehead atoms. The van der Waals surface area contributed by atoms with Crippen LogP contribution < -0.4 is 11.1 Å². The predicted octanol–water partition coefficient (Wildman–Crippen LogP) is 1.58. The van der Waals surface area contributed by atoms with E-state index in [0.29, 0.717) is 23.5 Å². The van der Waals surface area contributed by atoms with Crippen molar-refractivity contribution in [2.45, 2.75) is 32.2 Å². The number of carboxylic acid groups (broad SMARTS) is 1. The number of carbonyl (C=O) groups is 1. The van der Waals surface area contributed by atoms with Crippen LogP contribution in [-0.2, 0) is 6.54 Å². The van der Waals surface area contributed by atoms with Crippen LogP contribution in [0.3, 0.4) is 0 Å². The van der Waals surface area contributed by atoms with Gasteiger partial charge in [-0.3, -0.25) is 9.59 Å². The van der Waals surface area contributed by atoms with E-state index < -0.39 is 17.1 Å². The van der Waals surface area contributed by atoms with Crippen LogP contribution in [0.1, 0.15) is 36.0 Å². The molecule has 3 rings (SSSR count). The highest BCUT2D eigenvalue weighted by atomic mass is 16.4. The number of carboxylic acids is 1. The third kappa shape index (κ3) is 2.37. The molecule has 1 heterocycles. The SMILES string of the molecule is O=C(O)c1cccc2[nH]c(=O)c(=O)n(CC3CCCC3)c12. The largest absolute Gasteiger partial charge is 0.478 e. The van der Waals surface area contributed by atoms with Crippen molar-refractivity contribution in [1.82, 2.24) is 9.55 Å². The van der Waals surface area contributed by atoms with Gasteiger partial charge < -0.3 is 14.7 Å². The minimum absolute atomic E-state index is 0.0406. The zero-order valence-corrected chi connectivity index (χ0v) is 11.5. The topological polar surface area (TPSA) is 92.2 Å². The molecule has 0 spiro atoms. The molecular weight excluding hydrogens is 272 g/mol. The van der Waals surface area contributed by atoms with Gasteiger partial charge in [-0.05, 0) is 30.9 Å². The summed E-state index contributed by atoms with van der Waals surface area (Å²) in [5.74, 6) is -0.776. The molecule has 1 aromatic carbocycles. The smallest absolute Gasteiger partial charge is 0.337 e. The Balaban J connectivity index is 2.28. The lowest BCUT2D eigenvalue weighted by atomic mass is 10.1. The van der Waals surface area contributed by atoms with E-state index in [-0.39, 0.29) is 5.56 Å². The van der Waals surface area contributed by atoms with E-state index in [1.165, 1.54) is 10.6 Å².